The Morgan fingerprint density at radius 2 is 2.11 bits per heavy atom. The lowest BCUT2D eigenvalue weighted by molar-refractivity contribution is 0.0602. The highest BCUT2D eigenvalue weighted by molar-refractivity contribution is 6.28. The number of esters is 1. The summed E-state index contributed by atoms with van der Waals surface area (Å²) in [5.41, 5.74) is 1.86. The number of benzene rings is 1. The van der Waals surface area contributed by atoms with Crippen LogP contribution in [0.2, 0.25) is 5.28 Å². The van der Waals surface area contributed by atoms with Gasteiger partial charge in [0.15, 0.2) is 0 Å². The number of para-hydroxylation sites is 1. The van der Waals surface area contributed by atoms with Gasteiger partial charge in [-0.2, -0.15) is 0 Å². The van der Waals surface area contributed by atoms with E-state index >= 15 is 0 Å². The fourth-order valence-corrected chi connectivity index (χ4v) is 1.69. The van der Waals surface area contributed by atoms with Crippen molar-refractivity contribution in [2.45, 2.75) is 6.92 Å². The van der Waals surface area contributed by atoms with Crippen LogP contribution in [-0.2, 0) is 4.74 Å². The number of anilines is 2. The number of aromatic nitrogens is 2. The fraction of sp³-hybridized carbons (Fsp3) is 0.154. The van der Waals surface area contributed by atoms with Crippen molar-refractivity contribution in [2.75, 3.05) is 12.4 Å². The van der Waals surface area contributed by atoms with Gasteiger partial charge in [-0.1, -0.05) is 12.1 Å². The lowest BCUT2D eigenvalue weighted by atomic mass is 10.1. The minimum absolute atomic E-state index is 0.142. The molecule has 0 unspecified atom stereocenters. The second-order valence-corrected chi connectivity index (χ2v) is 4.17. The minimum Gasteiger partial charge on any atom is -0.465 e. The van der Waals surface area contributed by atoms with Crippen LogP contribution >= 0.6 is 11.6 Å². The molecule has 0 amide bonds. The first-order chi connectivity index (χ1) is 9.11. The molecule has 0 saturated carbocycles. The summed E-state index contributed by atoms with van der Waals surface area (Å²) in [7, 11) is 1.34. The van der Waals surface area contributed by atoms with Gasteiger partial charge in [0.05, 0.1) is 18.4 Å². The minimum atomic E-state index is -0.416. The molecule has 1 aromatic carbocycles. The van der Waals surface area contributed by atoms with E-state index in [0.29, 0.717) is 17.1 Å². The second-order valence-electron chi connectivity index (χ2n) is 3.83. The molecule has 0 aliphatic heterocycles. The maximum Gasteiger partial charge on any atom is 0.339 e. The Kier molecular flexibility index (Phi) is 3.97. The number of hydrogen-bond acceptors (Lipinski definition) is 5. The molecule has 1 heterocycles. The van der Waals surface area contributed by atoms with Crippen molar-refractivity contribution in [1.82, 2.24) is 9.97 Å². The zero-order valence-corrected chi connectivity index (χ0v) is 11.2. The van der Waals surface area contributed by atoms with Crippen LogP contribution in [0, 0.1) is 6.92 Å². The molecule has 5 nitrogen and oxygen atoms in total. The summed E-state index contributed by atoms with van der Waals surface area (Å²) in [6, 6.07) is 7.01. The van der Waals surface area contributed by atoms with E-state index in [0.717, 1.165) is 5.56 Å². The summed E-state index contributed by atoms with van der Waals surface area (Å²) in [6.07, 6.45) is 1.61. The molecule has 0 spiro atoms. The van der Waals surface area contributed by atoms with Crippen LogP contribution in [0.3, 0.4) is 0 Å². The number of carbonyl (C=O) groups is 1. The van der Waals surface area contributed by atoms with Crippen molar-refractivity contribution in [3.8, 4) is 0 Å². The van der Waals surface area contributed by atoms with Gasteiger partial charge in [-0.25, -0.2) is 14.8 Å². The van der Waals surface area contributed by atoms with Crippen molar-refractivity contribution in [1.29, 1.82) is 0 Å². The molecule has 98 valence electrons. The Morgan fingerprint density at radius 1 is 1.37 bits per heavy atom. The monoisotopic (exact) mass is 277 g/mol. The first kappa shape index (κ1) is 13.3. The molecular weight excluding hydrogens is 266 g/mol. The van der Waals surface area contributed by atoms with Crippen LogP contribution < -0.4 is 5.32 Å². The van der Waals surface area contributed by atoms with E-state index < -0.39 is 5.97 Å². The average Bonchev–Trinajstić information content (AvgIpc) is 2.42. The molecule has 0 aliphatic rings. The molecule has 0 bridgehead atoms. The fourth-order valence-electron chi connectivity index (χ4n) is 1.55. The number of carbonyl (C=O) groups excluding carboxylic acids is 1. The maximum absolute atomic E-state index is 11.7. The number of nitrogens with one attached hydrogen (secondary N) is 1. The third kappa shape index (κ3) is 3.00. The zero-order chi connectivity index (χ0) is 13.8. The standard InChI is InChI=1S/C13H12ClN3O2/c1-8-7-15-13(14)17-11(8)16-10-6-4-3-5-9(10)12(18)19-2/h3-7H,1-2H3,(H,15,16,17). The van der Waals surface area contributed by atoms with Gasteiger partial charge >= 0.3 is 5.97 Å². The zero-order valence-electron chi connectivity index (χ0n) is 10.5. The SMILES string of the molecule is COC(=O)c1ccccc1Nc1nc(Cl)ncc1C. The normalized spacial score (nSPS) is 10.1. The molecule has 0 atom stereocenters. The highest BCUT2D eigenvalue weighted by Crippen LogP contribution is 2.22. The van der Waals surface area contributed by atoms with Crippen molar-refractivity contribution in [3.05, 3.63) is 46.9 Å². The smallest absolute Gasteiger partial charge is 0.339 e. The number of nitrogens with zero attached hydrogens (tertiary/aromatic N) is 2. The number of aryl methyl sites for hydroxylation is 1. The molecule has 0 saturated heterocycles. The molecule has 19 heavy (non-hydrogen) atoms. The summed E-state index contributed by atoms with van der Waals surface area (Å²) in [5.74, 6) is 0.136. The van der Waals surface area contributed by atoms with Gasteiger partial charge in [0, 0.05) is 11.8 Å². The molecule has 0 fully saturated rings. The lowest BCUT2D eigenvalue weighted by Crippen LogP contribution is -2.07. The Balaban J connectivity index is 2.38. The predicted octanol–water partition coefficient (Wildman–Crippen LogP) is 2.97. The average molecular weight is 278 g/mol. The lowest BCUT2D eigenvalue weighted by Gasteiger charge is -2.11. The van der Waals surface area contributed by atoms with Crippen molar-refractivity contribution < 1.29 is 9.53 Å². The van der Waals surface area contributed by atoms with E-state index in [1.807, 2.05) is 13.0 Å². The third-order valence-electron chi connectivity index (χ3n) is 2.53. The van der Waals surface area contributed by atoms with Gasteiger partial charge < -0.3 is 10.1 Å². The first-order valence-corrected chi connectivity index (χ1v) is 5.93. The highest BCUT2D eigenvalue weighted by atomic mass is 35.5. The second kappa shape index (κ2) is 5.67. The van der Waals surface area contributed by atoms with E-state index in [9.17, 15) is 4.79 Å². The Bertz CT molecular complexity index is 617. The number of hydrogen-bond donors (Lipinski definition) is 1. The summed E-state index contributed by atoms with van der Waals surface area (Å²) >= 11 is 5.76. The molecule has 6 heteroatoms. The number of ether oxygens (including phenoxy) is 1. The van der Waals surface area contributed by atoms with Crippen molar-refractivity contribution in [2.24, 2.45) is 0 Å². The number of halogens is 1. The topological polar surface area (TPSA) is 64.1 Å². The van der Waals surface area contributed by atoms with Gasteiger partial charge in [0.25, 0.3) is 0 Å². The maximum atomic E-state index is 11.7. The number of methoxy groups -OCH3 is 1. The molecular formula is C13H12ClN3O2. The van der Waals surface area contributed by atoms with Crippen LogP contribution in [-0.4, -0.2) is 23.0 Å². The molecule has 2 aromatic rings. The Morgan fingerprint density at radius 3 is 2.84 bits per heavy atom. The van der Waals surface area contributed by atoms with E-state index in [4.69, 9.17) is 16.3 Å². The Hall–Kier alpha value is -2.14. The largest absolute Gasteiger partial charge is 0.465 e. The van der Waals surface area contributed by atoms with Gasteiger partial charge in [0.1, 0.15) is 5.82 Å². The summed E-state index contributed by atoms with van der Waals surface area (Å²) in [4.78, 5) is 19.6. The van der Waals surface area contributed by atoms with Crippen molar-refractivity contribution in [3.63, 3.8) is 0 Å². The van der Waals surface area contributed by atoms with E-state index in [1.165, 1.54) is 7.11 Å². The van der Waals surface area contributed by atoms with E-state index in [2.05, 4.69) is 15.3 Å². The van der Waals surface area contributed by atoms with Crippen LogP contribution in [0.4, 0.5) is 11.5 Å². The Labute approximate surface area is 115 Å². The van der Waals surface area contributed by atoms with Crippen LogP contribution in [0.5, 0.6) is 0 Å². The quantitative estimate of drug-likeness (QED) is 0.690. The number of rotatable bonds is 3. The van der Waals surface area contributed by atoms with Gasteiger partial charge in [0.2, 0.25) is 5.28 Å². The van der Waals surface area contributed by atoms with Crippen LogP contribution in [0.15, 0.2) is 30.5 Å². The molecule has 1 N–H and O–H groups in total. The molecule has 1 aromatic heterocycles. The molecule has 0 aliphatic carbocycles. The predicted molar refractivity (Wildman–Crippen MR) is 72.8 cm³/mol. The van der Waals surface area contributed by atoms with Gasteiger partial charge in [-0.05, 0) is 30.7 Å². The summed E-state index contributed by atoms with van der Waals surface area (Å²) < 4.78 is 4.73. The van der Waals surface area contributed by atoms with Crippen molar-refractivity contribution >= 4 is 29.1 Å². The van der Waals surface area contributed by atoms with E-state index in [1.54, 1.807) is 24.4 Å². The summed E-state index contributed by atoms with van der Waals surface area (Å²) in [6.45, 7) is 1.85. The third-order valence-corrected chi connectivity index (χ3v) is 2.71. The van der Waals surface area contributed by atoms with Gasteiger partial charge in [-0.15, -0.1) is 0 Å². The van der Waals surface area contributed by atoms with Crippen LogP contribution in [0.1, 0.15) is 15.9 Å². The summed E-state index contributed by atoms with van der Waals surface area (Å²) in [5, 5.41) is 3.20. The first-order valence-electron chi connectivity index (χ1n) is 5.55. The van der Waals surface area contributed by atoms with E-state index in [-0.39, 0.29) is 5.28 Å². The van der Waals surface area contributed by atoms with Crippen LogP contribution in [0.25, 0.3) is 0 Å². The van der Waals surface area contributed by atoms with Gasteiger partial charge in [-0.3, -0.25) is 0 Å². The molecule has 2 rings (SSSR count). The molecule has 0 radical (unpaired) electrons. The highest BCUT2D eigenvalue weighted by Gasteiger charge is 2.12.